The molecule has 0 amide bonds. The van der Waals surface area contributed by atoms with Gasteiger partial charge in [0.15, 0.2) is 0 Å². The van der Waals surface area contributed by atoms with Gasteiger partial charge in [-0.25, -0.2) is 0 Å². The lowest BCUT2D eigenvalue weighted by molar-refractivity contribution is 0.269. The van der Waals surface area contributed by atoms with E-state index in [0.717, 1.165) is 24.7 Å². The lowest BCUT2D eigenvalue weighted by Crippen LogP contribution is -2.26. The Balaban J connectivity index is 1.97. The molecule has 1 aromatic heterocycles. The number of alkyl halides is 1. The minimum atomic E-state index is 0.517. The van der Waals surface area contributed by atoms with Crippen molar-refractivity contribution >= 4 is 15.9 Å². The van der Waals surface area contributed by atoms with Crippen molar-refractivity contribution in [1.29, 1.82) is 0 Å². The first-order valence-corrected chi connectivity index (χ1v) is 8.73. The highest BCUT2D eigenvalue weighted by molar-refractivity contribution is 9.09. The van der Waals surface area contributed by atoms with Crippen LogP contribution in [0.4, 0.5) is 0 Å². The van der Waals surface area contributed by atoms with E-state index < -0.39 is 0 Å². The highest BCUT2D eigenvalue weighted by Gasteiger charge is 2.28. The van der Waals surface area contributed by atoms with Crippen LogP contribution < -0.4 is 0 Å². The maximum Gasteiger partial charge on any atom is 0.0627 e. The predicted molar refractivity (Wildman–Crippen MR) is 84.8 cm³/mol. The topological polar surface area (TPSA) is 17.8 Å². The molecular formula is C16H27BrN2. The smallest absolute Gasteiger partial charge is 0.0627 e. The second-order valence-corrected chi connectivity index (χ2v) is 7.29. The van der Waals surface area contributed by atoms with Crippen LogP contribution >= 0.6 is 15.9 Å². The van der Waals surface area contributed by atoms with Crippen LogP contribution in [0, 0.1) is 11.8 Å². The van der Waals surface area contributed by atoms with Crippen LogP contribution in [0.1, 0.15) is 64.6 Å². The van der Waals surface area contributed by atoms with E-state index in [0.29, 0.717) is 10.9 Å². The summed E-state index contributed by atoms with van der Waals surface area (Å²) in [5.74, 6) is 1.69. The summed E-state index contributed by atoms with van der Waals surface area (Å²) < 4.78 is 2.12. The molecule has 0 spiro atoms. The quantitative estimate of drug-likeness (QED) is 0.697. The van der Waals surface area contributed by atoms with Gasteiger partial charge >= 0.3 is 0 Å². The van der Waals surface area contributed by atoms with Crippen LogP contribution in [0.2, 0.25) is 0 Å². The van der Waals surface area contributed by atoms with E-state index in [-0.39, 0.29) is 0 Å². The summed E-state index contributed by atoms with van der Waals surface area (Å²) in [5, 5.41) is 4.76. The molecule has 1 heterocycles. The summed E-state index contributed by atoms with van der Waals surface area (Å²) in [4.78, 5) is 0.684. The van der Waals surface area contributed by atoms with Gasteiger partial charge in [0, 0.05) is 17.1 Å². The van der Waals surface area contributed by atoms with Gasteiger partial charge in [-0.2, -0.15) is 5.10 Å². The van der Waals surface area contributed by atoms with E-state index >= 15 is 0 Å². The summed E-state index contributed by atoms with van der Waals surface area (Å²) in [7, 11) is 0. The van der Waals surface area contributed by atoms with Crippen LogP contribution in [0.25, 0.3) is 0 Å². The van der Waals surface area contributed by atoms with Crippen molar-refractivity contribution in [2.75, 3.05) is 0 Å². The predicted octanol–water partition coefficient (Wildman–Crippen LogP) is 4.99. The Hall–Kier alpha value is -0.310. The first kappa shape index (κ1) is 15.1. The van der Waals surface area contributed by atoms with E-state index in [1.54, 1.807) is 0 Å². The van der Waals surface area contributed by atoms with E-state index in [4.69, 9.17) is 5.10 Å². The zero-order valence-corrected chi connectivity index (χ0v) is 14.1. The number of aromatic nitrogens is 2. The molecule has 4 unspecified atom stereocenters. The minimum absolute atomic E-state index is 0.517. The molecule has 0 N–H and O–H groups in total. The third kappa shape index (κ3) is 3.84. The van der Waals surface area contributed by atoms with E-state index in [1.807, 2.05) is 0 Å². The number of halogens is 1. The Morgan fingerprint density at radius 1 is 1.42 bits per heavy atom. The second-order valence-electron chi connectivity index (χ2n) is 6.11. The molecule has 0 aromatic carbocycles. The van der Waals surface area contributed by atoms with Gasteiger partial charge in [0.05, 0.1) is 5.69 Å². The first-order valence-electron chi connectivity index (χ1n) is 7.82. The second kappa shape index (κ2) is 6.92. The molecule has 0 radical (unpaired) electrons. The van der Waals surface area contributed by atoms with Gasteiger partial charge in [-0.1, -0.05) is 36.2 Å². The molecule has 1 saturated carbocycles. The van der Waals surface area contributed by atoms with E-state index in [2.05, 4.69) is 53.6 Å². The SMILES string of the molecule is CCC1CCC(Br)C(Cc2ccn(C(C)CC)n2)C1. The summed E-state index contributed by atoms with van der Waals surface area (Å²) in [6.45, 7) is 6.78. The maximum absolute atomic E-state index is 4.76. The van der Waals surface area contributed by atoms with Gasteiger partial charge < -0.3 is 0 Å². The van der Waals surface area contributed by atoms with Crippen molar-refractivity contribution < 1.29 is 0 Å². The molecule has 108 valence electrons. The molecule has 1 fully saturated rings. The van der Waals surface area contributed by atoms with Crippen molar-refractivity contribution in [3.63, 3.8) is 0 Å². The summed E-state index contributed by atoms with van der Waals surface area (Å²) >= 11 is 3.88. The molecule has 2 nitrogen and oxygen atoms in total. The third-order valence-electron chi connectivity index (χ3n) is 4.75. The largest absolute Gasteiger partial charge is 0.270 e. The summed E-state index contributed by atoms with van der Waals surface area (Å²) in [6.07, 6.45) is 9.84. The Morgan fingerprint density at radius 3 is 2.89 bits per heavy atom. The average Bonchev–Trinajstić information content (AvgIpc) is 2.89. The van der Waals surface area contributed by atoms with Crippen LogP contribution in [-0.4, -0.2) is 14.6 Å². The molecular weight excluding hydrogens is 300 g/mol. The minimum Gasteiger partial charge on any atom is -0.270 e. The molecule has 1 aliphatic carbocycles. The fourth-order valence-electron chi connectivity index (χ4n) is 3.09. The highest BCUT2D eigenvalue weighted by Crippen LogP contribution is 2.36. The number of rotatable bonds is 5. The van der Waals surface area contributed by atoms with Crippen LogP contribution in [0.3, 0.4) is 0 Å². The standard InChI is InChI=1S/C16H27BrN2/c1-4-12(3)19-9-8-15(18-19)11-14-10-13(5-2)6-7-16(14)17/h8-9,12-14,16H,4-7,10-11H2,1-3H3. The van der Waals surface area contributed by atoms with Crippen molar-refractivity contribution in [2.45, 2.75) is 70.2 Å². The average molecular weight is 327 g/mol. The van der Waals surface area contributed by atoms with Crippen LogP contribution in [0.5, 0.6) is 0 Å². The van der Waals surface area contributed by atoms with Crippen molar-refractivity contribution in [3.05, 3.63) is 18.0 Å². The third-order valence-corrected chi connectivity index (χ3v) is 5.96. The Kier molecular flexibility index (Phi) is 5.49. The zero-order valence-electron chi connectivity index (χ0n) is 12.5. The highest BCUT2D eigenvalue weighted by atomic mass is 79.9. The first-order chi connectivity index (χ1) is 9.13. The van der Waals surface area contributed by atoms with Crippen molar-refractivity contribution in [2.24, 2.45) is 11.8 Å². The number of hydrogen-bond acceptors (Lipinski definition) is 1. The zero-order chi connectivity index (χ0) is 13.8. The summed E-state index contributed by atoms with van der Waals surface area (Å²) in [5.41, 5.74) is 1.27. The lowest BCUT2D eigenvalue weighted by Gasteiger charge is -2.32. The van der Waals surface area contributed by atoms with Gasteiger partial charge in [0.2, 0.25) is 0 Å². The fourth-order valence-corrected chi connectivity index (χ4v) is 3.76. The van der Waals surface area contributed by atoms with Crippen molar-refractivity contribution in [3.8, 4) is 0 Å². The maximum atomic E-state index is 4.76. The number of nitrogens with zero attached hydrogens (tertiary/aromatic N) is 2. The fraction of sp³-hybridized carbons (Fsp3) is 0.812. The molecule has 4 atom stereocenters. The normalized spacial score (nSPS) is 29.4. The Labute approximate surface area is 126 Å². The molecule has 0 bridgehead atoms. The Morgan fingerprint density at radius 2 is 2.21 bits per heavy atom. The Bertz CT molecular complexity index is 388. The van der Waals surface area contributed by atoms with Gasteiger partial charge in [-0.3, -0.25) is 4.68 Å². The van der Waals surface area contributed by atoms with Gasteiger partial charge in [-0.15, -0.1) is 0 Å². The van der Waals surface area contributed by atoms with Gasteiger partial charge in [0.1, 0.15) is 0 Å². The summed E-state index contributed by atoms with van der Waals surface area (Å²) in [6, 6.07) is 2.73. The van der Waals surface area contributed by atoms with Gasteiger partial charge in [0.25, 0.3) is 0 Å². The monoisotopic (exact) mass is 326 g/mol. The lowest BCUT2D eigenvalue weighted by atomic mass is 9.78. The molecule has 2 rings (SSSR count). The molecule has 3 heteroatoms. The van der Waals surface area contributed by atoms with Crippen LogP contribution in [0.15, 0.2) is 12.3 Å². The van der Waals surface area contributed by atoms with Crippen molar-refractivity contribution in [1.82, 2.24) is 9.78 Å². The molecule has 1 aliphatic rings. The molecule has 0 aliphatic heterocycles. The van der Waals surface area contributed by atoms with Crippen LogP contribution in [-0.2, 0) is 6.42 Å². The molecule has 0 saturated heterocycles. The molecule has 19 heavy (non-hydrogen) atoms. The molecule has 1 aromatic rings. The van der Waals surface area contributed by atoms with Gasteiger partial charge in [-0.05, 0) is 56.9 Å². The number of hydrogen-bond donors (Lipinski definition) is 0. The van der Waals surface area contributed by atoms with E-state index in [9.17, 15) is 0 Å². The van der Waals surface area contributed by atoms with E-state index in [1.165, 1.54) is 31.4 Å².